The fraction of sp³-hybridized carbons (Fsp3) is 0.261. The molecule has 0 radical (unpaired) electrons. The van der Waals surface area contributed by atoms with Gasteiger partial charge >= 0.3 is 0 Å². The highest BCUT2D eigenvalue weighted by atomic mass is 32.1. The van der Waals surface area contributed by atoms with Gasteiger partial charge in [-0.15, -0.1) is 11.3 Å². The number of hydrogen-bond donors (Lipinski definition) is 1. The number of nitrogens with one attached hydrogen (secondary N) is 1. The van der Waals surface area contributed by atoms with E-state index in [-0.39, 0.29) is 24.3 Å². The maximum absolute atomic E-state index is 12.7. The molecule has 1 aromatic carbocycles. The van der Waals surface area contributed by atoms with E-state index in [4.69, 9.17) is 4.52 Å². The van der Waals surface area contributed by atoms with Gasteiger partial charge < -0.3 is 9.84 Å². The van der Waals surface area contributed by atoms with Crippen LogP contribution in [0.4, 0.5) is 0 Å². The number of carbonyl (C=O) groups excluding carboxylic acids is 1. The van der Waals surface area contributed by atoms with E-state index in [0.29, 0.717) is 11.7 Å². The number of aromatic nitrogens is 4. The van der Waals surface area contributed by atoms with Crippen molar-refractivity contribution in [2.24, 2.45) is 5.92 Å². The summed E-state index contributed by atoms with van der Waals surface area (Å²) in [7, 11) is 0. The molecule has 0 saturated heterocycles. The van der Waals surface area contributed by atoms with Crippen LogP contribution in [-0.4, -0.2) is 26.0 Å². The van der Waals surface area contributed by atoms with Gasteiger partial charge in [-0.05, 0) is 30.5 Å². The normalized spacial score (nSPS) is 12.1. The van der Waals surface area contributed by atoms with Crippen molar-refractivity contribution in [3.8, 4) is 22.6 Å². The molecule has 0 aliphatic carbocycles. The summed E-state index contributed by atoms with van der Waals surface area (Å²) in [5.74, 6) is 0.860. The summed E-state index contributed by atoms with van der Waals surface area (Å²) < 4.78 is 5.46. The third-order valence-electron chi connectivity index (χ3n) is 4.86. The van der Waals surface area contributed by atoms with E-state index in [0.717, 1.165) is 27.4 Å². The van der Waals surface area contributed by atoms with Gasteiger partial charge in [0.1, 0.15) is 6.04 Å². The van der Waals surface area contributed by atoms with Gasteiger partial charge in [0, 0.05) is 28.9 Å². The van der Waals surface area contributed by atoms with Crippen LogP contribution in [0.15, 0.2) is 58.7 Å². The Morgan fingerprint density at radius 1 is 1.06 bits per heavy atom. The standard InChI is InChI=1S/C23H23N5O2S/c1-14(2)21(23-27-22(28-30-23)18-8-10-24-11-9-18)26-20(29)12-16-4-6-17(7-5-16)19-13-31-15(3)25-19/h4-11,13-14,21H,12H2,1-3H3,(H,26,29). The van der Waals surface area contributed by atoms with E-state index < -0.39 is 0 Å². The number of amides is 1. The van der Waals surface area contributed by atoms with Gasteiger partial charge in [0.15, 0.2) is 0 Å². The fourth-order valence-corrected chi connectivity index (χ4v) is 3.81. The van der Waals surface area contributed by atoms with Crippen molar-refractivity contribution in [1.29, 1.82) is 0 Å². The molecule has 0 fully saturated rings. The molecule has 0 aliphatic heterocycles. The molecular weight excluding hydrogens is 410 g/mol. The Hall–Kier alpha value is -3.39. The van der Waals surface area contributed by atoms with Gasteiger partial charge in [-0.25, -0.2) is 4.98 Å². The SMILES string of the molecule is Cc1nc(-c2ccc(CC(=O)NC(c3nc(-c4ccncc4)no3)C(C)C)cc2)cs1. The van der Waals surface area contributed by atoms with Crippen molar-refractivity contribution in [3.05, 3.63) is 70.6 Å². The first kappa shape index (κ1) is 20.9. The molecule has 1 amide bonds. The Morgan fingerprint density at radius 3 is 2.45 bits per heavy atom. The maximum Gasteiger partial charge on any atom is 0.249 e. The van der Waals surface area contributed by atoms with Crippen LogP contribution in [0.3, 0.4) is 0 Å². The Bertz CT molecular complexity index is 1150. The van der Waals surface area contributed by atoms with Gasteiger partial charge in [-0.1, -0.05) is 43.3 Å². The predicted octanol–water partition coefficient (Wildman–Crippen LogP) is 4.62. The molecule has 7 nitrogen and oxygen atoms in total. The summed E-state index contributed by atoms with van der Waals surface area (Å²) in [6.45, 7) is 6.00. The van der Waals surface area contributed by atoms with Crippen molar-refractivity contribution in [2.75, 3.05) is 0 Å². The number of pyridine rings is 1. The molecule has 0 bridgehead atoms. The smallest absolute Gasteiger partial charge is 0.249 e. The molecule has 8 heteroatoms. The molecule has 4 aromatic rings. The second-order valence-electron chi connectivity index (χ2n) is 7.61. The van der Waals surface area contributed by atoms with Gasteiger partial charge in [-0.3, -0.25) is 9.78 Å². The number of rotatable bonds is 7. The molecule has 31 heavy (non-hydrogen) atoms. The second kappa shape index (κ2) is 9.18. The van der Waals surface area contributed by atoms with Crippen LogP contribution in [0.2, 0.25) is 0 Å². The van der Waals surface area contributed by atoms with Crippen molar-refractivity contribution in [3.63, 3.8) is 0 Å². The van der Waals surface area contributed by atoms with Crippen LogP contribution in [0.5, 0.6) is 0 Å². The first-order valence-corrected chi connectivity index (χ1v) is 10.9. The van der Waals surface area contributed by atoms with Crippen LogP contribution in [0.1, 0.15) is 36.4 Å². The lowest BCUT2D eigenvalue weighted by Crippen LogP contribution is -2.33. The average molecular weight is 434 g/mol. The molecule has 3 heterocycles. The van der Waals surface area contributed by atoms with E-state index in [2.05, 4.69) is 25.4 Å². The first-order chi connectivity index (χ1) is 15.0. The highest BCUT2D eigenvalue weighted by Gasteiger charge is 2.25. The highest BCUT2D eigenvalue weighted by Crippen LogP contribution is 2.24. The minimum Gasteiger partial charge on any atom is -0.344 e. The third-order valence-corrected chi connectivity index (χ3v) is 5.64. The lowest BCUT2D eigenvalue weighted by molar-refractivity contribution is -0.121. The van der Waals surface area contributed by atoms with Crippen molar-refractivity contribution in [2.45, 2.75) is 33.2 Å². The van der Waals surface area contributed by atoms with Gasteiger partial charge in [-0.2, -0.15) is 4.98 Å². The van der Waals surface area contributed by atoms with Crippen LogP contribution < -0.4 is 5.32 Å². The average Bonchev–Trinajstić information content (AvgIpc) is 3.42. The molecule has 158 valence electrons. The molecule has 0 spiro atoms. The highest BCUT2D eigenvalue weighted by molar-refractivity contribution is 7.09. The lowest BCUT2D eigenvalue weighted by atomic mass is 10.0. The molecule has 1 atom stereocenters. The van der Waals surface area contributed by atoms with E-state index >= 15 is 0 Å². The first-order valence-electron chi connectivity index (χ1n) is 10.0. The Labute approximate surface area is 184 Å². The van der Waals surface area contributed by atoms with E-state index in [9.17, 15) is 4.79 Å². The summed E-state index contributed by atoms with van der Waals surface area (Å²) in [5, 5.41) is 10.2. The maximum atomic E-state index is 12.7. The van der Waals surface area contributed by atoms with Crippen LogP contribution in [0, 0.1) is 12.8 Å². The Balaban J connectivity index is 1.43. The number of aryl methyl sites for hydroxylation is 1. The molecule has 3 aromatic heterocycles. The van der Waals surface area contributed by atoms with Gasteiger partial charge in [0.25, 0.3) is 0 Å². The number of carbonyl (C=O) groups is 1. The zero-order valence-corrected chi connectivity index (χ0v) is 18.4. The summed E-state index contributed by atoms with van der Waals surface area (Å²) in [4.78, 5) is 25.7. The summed E-state index contributed by atoms with van der Waals surface area (Å²) in [6, 6.07) is 11.2. The molecule has 0 saturated carbocycles. The minimum absolute atomic E-state index is 0.0879. The fourth-order valence-electron chi connectivity index (χ4n) is 3.19. The van der Waals surface area contributed by atoms with Crippen molar-refractivity contribution >= 4 is 17.2 Å². The monoisotopic (exact) mass is 433 g/mol. The van der Waals surface area contributed by atoms with Crippen LogP contribution in [0.25, 0.3) is 22.6 Å². The topological polar surface area (TPSA) is 93.8 Å². The van der Waals surface area contributed by atoms with Crippen molar-refractivity contribution in [1.82, 2.24) is 25.4 Å². The number of thiazole rings is 1. The van der Waals surface area contributed by atoms with Gasteiger partial charge in [0.2, 0.25) is 17.6 Å². The summed E-state index contributed by atoms with van der Waals surface area (Å²) in [5.41, 5.74) is 3.75. The number of benzene rings is 1. The van der Waals surface area contributed by atoms with E-state index in [1.165, 1.54) is 0 Å². The van der Waals surface area contributed by atoms with Crippen LogP contribution >= 0.6 is 11.3 Å². The molecule has 0 aliphatic rings. The zero-order valence-electron chi connectivity index (χ0n) is 17.6. The largest absolute Gasteiger partial charge is 0.344 e. The Morgan fingerprint density at radius 2 is 1.81 bits per heavy atom. The summed E-state index contributed by atoms with van der Waals surface area (Å²) in [6.07, 6.45) is 3.62. The molecule has 1 N–H and O–H groups in total. The van der Waals surface area contributed by atoms with E-state index in [1.54, 1.807) is 23.7 Å². The van der Waals surface area contributed by atoms with E-state index in [1.807, 2.05) is 62.5 Å². The molecule has 1 unspecified atom stereocenters. The number of hydrogen-bond acceptors (Lipinski definition) is 7. The third kappa shape index (κ3) is 5.03. The predicted molar refractivity (Wildman–Crippen MR) is 119 cm³/mol. The Kier molecular flexibility index (Phi) is 6.18. The van der Waals surface area contributed by atoms with Crippen LogP contribution in [-0.2, 0) is 11.2 Å². The second-order valence-corrected chi connectivity index (χ2v) is 8.67. The lowest BCUT2D eigenvalue weighted by Gasteiger charge is -2.18. The summed E-state index contributed by atoms with van der Waals surface area (Å²) >= 11 is 1.62. The quantitative estimate of drug-likeness (QED) is 0.457. The molecule has 4 rings (SSSR count). The molecular formula is C23H23N5O2S. The zero-order chi connectivity index (χ0) is 21.8. The van der Waals surface area contributed by atoms with Crippen molar-refractivity contribution < 1.29 is 9.32 Å². The van der Waals surface area contributed by atoms with Gasteiger partial charge in [0.05, 0.1) is 17.1 Å². The number of nitrogens with zero attached hydrogens (tertiary/aromatic N) is 4. The minimum atomic E-state index is -0.368.